The Morgan fingerprint density at radius 2 is 2.20 bits per heavy atom. The third kappa shape index (κ3) is 3.67. The Bertz CT molecular complexity index is 479. The van der Waals surface area contributed by atoms with Gasteiger partial charge in [0, 0.05) is 18.0 Å². The smallest absolute Gasteiger partial charge is 0.319 e. The van der Waals surface area contributed by atoms with Gasteiger partial charge in [-0.25, -0.2) is 4.79 Å². The number of rotatable bonds is 4. The summed E-state index contributed by atoms with van der Waals surface area (Å²) in [5.74, 6) is 0. The zero-order valence-electron chi connectivity index (χ0n) is 12.2. The molecule has 1 aromatic rings. The van der Waals surface area contributed by atoms with Crippen LogP contribution in [0.1, 0.15) is 24.8 Å². The van der Waals surface area contributed by atoms with Crippen LogP contribution in [-0.4, -0.2) is 31.5 Å². The summed E-state index contributed by atoms with van der Waals surface area (Å²) in [6, 6.07) is 6.11. The van der Waals surface area contributed by atoms with Crippen LogP contribution in [0.25, 0.3) is 0 Å². The van der Waals surface area contributed by atoms with E-state index in [0.717, 1.165) is 35.4 Å². The van der Waals surface area contributed by atoms with Crippen molar-refractivity contribution >= 4 is 23.5 Å². The molecule has 0 saturated heterocycles. The van der Waals surface area contributed by atoms with Crippen LogP contribution in [0, 0.1) is 6.92 Å². The Balaban J connectivity index is 1.95. The number of anilines is 1. The van der Waals surface area contributed by atoms with Crippen molar-refractivity contribution in [1.82, 2.24) is 5.32 Å². The number of hydrogen-bond acceptors (Lipinski definition) is 3. The third-order valence-electron chi connectivity index (χ3n) is 3.75. The molecule has 1 fully saturated rings. The van der Waals surface area contributed by atoms with Crippen LogP contribution in [0.2, 0.25) is 0 Å². The number of ether oxygens (including phenoxy) is 1. The van der Waals surface area contributed by atoms with E-state index in [1.165, 1.54) is 0 Å². The van der Waals surface area contributed by atoms with E-state index in [1.54, 1.807) is 18.9 Å². The zero-order valence-corrected chi connectivity index (χ0v) is 13.0. The Hall–Kier alpha value is -1.20. The van der Waals surface area contributed by atoms with E-state index < -0.39 is 0 Å². The number of aryl methyl sites for hydroxylation is 1. The first-order valence-corrected chi connectivity index (χ1v) is 8.10. The minimum absolute atomic E-state index is 0.128. The molecule has 1 aliphatic rings. The van der Waals surface area contributed by atoms with Crippen molar-refractivity contribution in [2.75, 3.05) is 18.7 Å². The zero-order chi connectivity index (χ0) is 14.5. The summed E-state index contributed by atoms with van der Waals surface area (Å²) >= 11 is 1.64. The molecule has 1 saturated carbocycles. The maximum Gasteiger partial charge on any atom is 0.319 e. The number of benzene rings is 1. The van der Waals surface area contributed by atoms with Gasteiger partial charge in [0.1, 0.15) is 0 Å². The van der Waals surface area contributed by atoms with Gasteiger partial charge in [0.15, 0.2) is 0 Å². The Kier molecular flexibility index (Phi) is 5.31. The molecular weight excluding hydrogens is 272 g/mol. The van der Waals surface area contributed by atoms with Crippen LogP contribution in [0.5, 0.6) is 0 Å². The molecule has 0 aromatic heterocycles. The van der Waals surface area contributed by atoms with Crippen LogP contribution >= 0.6 is 11.8 Å². The predicted octanol–water partition coefficient (Wildman–Crippen LogP) is 3.41. The van der Waals surface area contributed by atoms with E-state index >= 15 is 0 Å². The molecule has 0 spiro atoms. The van der Waals surface area contributed by atoms with Crippen molar-refractivity contribution in [1.29, 1.82) is 0 Å². The summed E-state index contributed by atoms with van der Waals surface area (Å²) in [6.07, 6.45) is 5.18. The Morgan fingerprint density at radius 1 is 1.40 bits per heavy atom. The molecule has 0 bridgehead atoms. The number of para-hydroxylation sites is 1. The summed E-state index contributed by atoms with van der Waals surface area (Å²) in [4.78, 5) is 13.2. The minimum atomic E-state index is -0.128. The quantitative estimate of drug-likeness (QED) is 0.837. The summed E-state index contributed by atoms with van der Waals surface area (Å²) in [5, 5.41) is 6.01. The molecule has 0 radical (unpaired) electrons. The lowest BCUT2D eigenvalue weighted by Gasteiger charge is -2.16. The topological polar surface area (TPSA) is 50.4 Å². The van der Waals surface area contributed by atoms with E-state index in [-0.39, 0.29) is 18.2 Å². The maximum absolute atomic E-state index is 12.1. The van der Waals surface area contributed by atoms with Crippen molar-refractivity contribution in [3.63, 3.8) is 0 Å². The number of amides is 2. The summed E-state index contributed by atoms with van der Waals surface area (Å²) in [7, 11) is 1.73. The number of nitrogens with one attached hydrogen (secondary N) is 2. The van der Waals surface area contributed by atoms with E-state index in [0.29, 0.717) is 0 Å². The van der Waals surface area contributed by atoms with Crippen LogP contribution in [0.15, 0.2) is 23.1 Å². The van der Waals surface area contributed by atoms with Gasteiger partial charge in [0.05, 0.1) is 11.8 Å². The molecule has 0 unspecified atom stereocenters. The first-order valence-electron chi connectivity index (χ1n) is 6.88. The lowest BCUT2D eigenvalue weighted by molar-refractivity contribution is 0.107. The van der Waals surface area contributed by atoms with Crippen molar-refractivity contribution in [2.45, 2.75) is 43.2 Å². The molecule has 5 heteroatoms. The molecule has 2 N–H and O–H groups in total. The lowest BCUT2D eigenvalue weighted by Crippen LogP contribution is -2.37. The molecule has 0 aliphatic heterocycles. The SMILES string of the molecule is CO[C@H]1CC[C@H](NC(=O)Nc2c(C)cccc2SC)C1. The van der Waals surface area contributed by atoms with Crippen LogP contribution in [-0.2, 0) is 4.74 Å². The van der Waals surface area contributed by atoms with E-state index in [9.17, 15) is 4.79 Å². The highest BCUT2D eigenvalue weighted by Crippen LogP contribution is 2.28. The van der Waals surface area contributed by atoms with Gasteiger partial charge >= 0.3 is 6.03 Å². The Labute approximate surface area is 124 Å². The summed E-state index contributed by atoms with van der Waals surface area (Å²) in [6.45, 7) is 2.01. The second-order valence-electron chi connectivity index (χ2n) is 5.12. The van der Waals surface area contributed by atoms with Gasteiger partial charge in [0.25, 0.3) is 0 Å². The summed E-state index contributed by atoms with van der Waals surface area (Å²) in [5.41, 5.74) is 1.98. The molecular formula is C15H22N2O2S. The molecule has 110 valence electrons. The first-order chi connectivity index (χ1) is 9.63. The van der Waals surface area contributed by atoms with Crippen molar-refractivity contribution in [2.24, 2.45) is 0 Å². The molecule has 1 aliphatic carbocycles. The van der Waals surface area contributed by atoms with E-state index in [1.807, 2.05) is 31.4 Å². The average molecular weight is 294 g/mol. The van der Waals surface area contributed by atoms with Crippen molar-refractivity contribution < 1.29 is 9.53 Å². The highest BCUT2D eigenvalue weighted by atomic mass is 32.2. The number of urea groups is 1. The number of carbonyl (C=O) groups is 1. The number of carbonyl (C=O) groups excluding carboxylic acids is 1. The molecule has 1 aromatic carbocycles. The van der Waals surface area contributed by atoms with Gasteiger partial charge in [-0.2, -0.15) is 0 Å². The van der Waals surface area contributed by atoms with Gasteiger partial charge in [-0.1, -0.05) is 12.1 Å². The molecule has 2 atom stereocenters. The van der Waals surface area contributed by atoms with Gasteiger partial charge in [-0.3, -0.25) is 0 Å². The minimum Gasteiger partial charge on any atom is -0.381 e. The molecule has 20 heavy (non-hydrogen) atoms. The molecule has 2 amide bonds. The van der Waals surface area contributed by atoms with Crippen molar-refractivity contribution in [3.05, 3.63) is 23.8 Å². The second kappa shape index (κ2) is 6.99. The van der Waals surface area contributed by atoms with E-state index in [2.05, 4.69) is 10.6 Å². The maximum atomic E-state index is 12.1. The predicted molar refractivity (Wildman–Crippen MR) is 83.6 cm³/mol. The fraction of sp³-hybridized carbons (Fsp3) is 0.533. The van der Waals surface area contributed by atoms with Gasteiger partial charge in [-0.15, -0.1) is 11.8 Å². The Morgan fingerprint density at radius 3 is 2.85 bits per heavy atom. The largest absolute Gasteiger partial charge is 0.381 e. The fourth-order valence-corrected chi connectivity index (χ4v) is 3.22. The number of methoxy groups -OCH3 is 1. The summed E-state index contributed by atoms with van der Waals surface area (Å²) < 4.78 is 5.32. The number of thioether (sulfide) groups is 1. The van der Waals surface area contributed by atoms with Gasteiger partial charge in [0.2, 0.25) is 0 Å². The lowest BCUT2D eigenvalue weighted by atomic mass is 10.2. The standard InChI is InChI=1S/C15H22N2O2S/c1-10-5-4-6-13(20-3)14(10)17-15(18)16-11-7-8-12(9-11)19-2/h4-6,11-12H,7-9H2,1-3H3,(H2,16,17,18)/t11-,12-/m0/s1. The second-order valence-corrected chi connectivity index (χ2v) is 5.97. The van der Waals surface area contributed by atoms with Crippen LogP contribution in [0.3, 0.4) is 0 Å². The van der Waals surface area contributed by atoms with Crippen LogP contribution in [0.4, 0.5) is 10.5 Å². The number of hydrogen-bond donors (Lipinski definition) is 2. The molecule has 0 heterocycles. The molecule has 4 nitrogen and oxygen atoms in total. The third-order valence-corrected chi connectivity index (χ3v) is 4.53. The first kappa shape index (κ1) is 15.2. The van der Waals surface area contributed by atoms with Gasteiger partial charge in [-0.05, 0) is 44.1 Å². The van der Waals surface area contributed by atoms with Crippen LogP contribution < -0.4 is 10.6 Å². The molecule has 2 rings (SSSR count). The monoisotopic (exact) mass is 294 g/mol. The normalized spacial score (nSPS) is 21.8. The highest BCUT2D eigenvalue weighted by Gasteiger charge is 2.25. The van der Waals surface area contributed by atoms with Gasteiger partial charge < -0.3 is 15.4 Å². The van der Waals surface area contributed by atoms with E-state index in [4.69, 9.17) is 4.74 Å². The average Bonchev–Trinajstić information content (AvgIpc) is 2.88. The highest BCUT2D eigenvalue weighted by molar-refractivity contribution is 7.98. The van der Waals surface area contributed by atoms with Crippen molar-refractivity contribution in [3.8, 4) is 0 Å². The fourth-order valence-electron chi connectivity index (χ4n) is 2.59.